The first-order valence-electron chi connectivity index (χ1n) is 8.02. The molecule has 1 amide bonds. The predicted octanol–water partition coefficient (Wildman–Crippen LogP) is 1.57. The van der Waals surface area contributed by atoms with E-state index in [9.17, 15) is 9.59 Å². The Morgan fingerprint density at radius 1 is 1.36 bits per heavy atom. The molecule has 0 aliphatic carbocycles. The molecule has 0 saturated carbocycles. The van der Waals surface area contributed by atoms with Crippen LogP contribution in [-0.2, 0) is 23.4 Å². The molecule has 3 aromatic rings. The van der Waals surface area contributed by atoms with Gasteiger partial charge in [-0.25, -0.2) is 4.68 Å². The van der Waals surface area contributed by atoms with Gasteiger partial charge in [-0.1, -0.05) is 0 Å². The van der Waals surface area contributed by atoms with Gasteiger partial charge in [-0.15, -0.1) is 0 Å². The standard InChI is InChI=1S/C17H21N5O3/c1-11-13-9-19-22(17(2,3)4)15(13)16(24)21(20-11)10-14(23)18-8-12-6-5-7-25-12/h5-7,9H,8,10H2,1-4H3,(H,18,23). The Balaban J connectivity index is 1.90. The predicted molar refractivity (Wildman–Crippen MR) is 92.1 cm³/mol. The maximum absolute atomic E-state index is 12.8. The second kappa shape index (κ2) is 6.19. The Labute approximate surface area is 144 Å². The lowest BCUT2D eigenvalue weighted by molar-refractivity contribution is -0.122. The molecule has 0 aliphatic heterocycles. The van der Waals surface area contributed by atoms with Crippen LogP contribution in [0.4, 0.5) is 0 Å². The van der Waals surface area contributed by atoms with E-state index in [0.717, 1.165) is 0 Å². The number of fused-ring (bicyclic) bond motifs is 1. The first kappa shape index (κ1) is 16.9. The molecule has 0 fully saturated rings. The number of carbonyl (C=O) groups is 1. The normalized spacial score (nSPS) is 11.8. The first-order chi connectivity index (χ1) is 11.8. The fourth-order valence-corrected chi connectivity index (χ4v) is 2.63. The number of amides is 1. The highest BCUT2D eigenvalue weighted by molar-refractivity contribution is 5.80. The van der Waals surface area contributed by atoms with Gasteiger partial charge < -0.3 is 9.73 Å². The van der Waals surface area contributed by atoms with Crippen LogP contribution in [0.2, 0.25) is 0 Å². The van der Waals surface area contributed by atoms with Gasteiger partial charge in [0.2, 0.25) is 5.91 Å². The minimum Gasteiger partial charge on any atom is -0.467 e. The number of rotatable bonds is 4. The minimum absolute atomic E-state index is 0.161. The summed E-state index contributed by atoms with van der Waals surface area (Å²) in [6, 6.07) is 3.52. The van der Waals surface area contributed by atoms with Crippen molar-refractivity contribution in [1.29, 1.82) is 0 Å². The Hall–Kier alpha value is -2.90. The van der Waals surface area contributed by atoms with Crippen molar-refractivity contribution in [3.8, 4) is 0 Å². The van der Waals surface area contributed by atoms with E-state index in [1.807, 2.05) is 20.8 Å². The van der Waals surface area contributed by atoms with Crippen molar-refractivity contribution in [2.75, 3.05) is 0 Å². The van der Waals surface area contributed by atoms with Crippen LogP contribution in [0.5, 0.6) is 0 Å². The second-order valence-electron chi connectivity index (χ2n) is 6.89. The van der Waals surface area contributed by atoms with Crippen molar-refractivity contribution in [2.24, 2.45) is 0 Å². The van der Waals surface area contributed by atoms with E-state index in [1.54, 1.807) is 36.2 Å². The third kappa shape index (κ3) is 3.33. The second-order valence-corrected chi connectivity index (χ2v) is 6.89. The van der Waals surface area contributed by atoms with E-state index >= 15 is 0 Å². The molecule has 8 heteroatoms. The minimum atomic E-state index is -0.353. The molecule has 0 atom stereocenters. The largest absolute Gasteiger partial charge is 0.467 e. The number of carbonyl (C=O) groups excluding carboxylic acids is 1. The van der Waals surface area contributed by atoms with Crippen molar-refractivity contribution < 1.29 is 9.21 Å². The topological polar surface area (TPSA) is 94.9 Å². The number of aryl methyl sites for hydroxylation is 1. The summed E-state index contributed by atoms with van der Waals surface area (Å²) in [4.78, 5) is 25.0. The number of hydrogen-bond donors (Lipinski definition) is 1. The van der Waals surface area contributed by atoms with Crippen LogP contribution in [0, 0.1) is 6.92 Å². The fourth-order valence-electron chi connectivity index (χ4n) is 2.63. The van der Waals surface area contributed by atoms with E-state index in [1.165, 1.54) is 4.68 Å². The summed E-state index contributed by atoms with van der Waals surface area (Å²) >= 11 is 0. The summed E-state index contributed by atoms with van der Waals surface area (Å²) in [5.41, 5.74) is 0.428. The lowest BCUT2D eigenvalue weighted by Crippen LogP contribution is -2.35. The lowest BCUT2D eigenvalue weighted by atomic mass is 10.1. The van der Waals surface area contributed by atoms with Crippen molar-refractivity contribution in [2.45, 2.75) is 46.3 Å². The lowest BCUT2D eigenvalue weighted by Gasteiger charge is -2.20. The summed E-state index contributed by atoms with van der Waals surface area (Å²) in [7, 11) is 0. The van der Waals surface area contributed by atoms with Crippen molar-refractivity contribution in [3.05, 3.63) is 46.4 Å². The van der Waals surface area contributed by atoms with Gasteiger partial charge in [-0.3, -0.25) is 14.3 Å². The maximum atomic E-state index is 12.8. The number of furan rings is 1. The van der Waals surface area contributed by atoms with Crippen molar-refractivity contribution >= 4 is 16.8 Å². The molecule has 0 spiro atoms. The molecule has 3 aromatic heterocycles. The van der Waals surface area contributed by atoms with Crippen LogP contribution in [0.3, 0.4) is 0 Å². The van der Waals surface area contributed by atoms with Gasteiger partial charge in [-0.05, 0) is 39.8 Å². The van der Waals surface area contributed by atoms with Crippen molar-refractivity contribution in [1.82, 2.24) is 24.9 Å². The monoisotopic (exact) mass is 343 g/mol. The van der Waals surface area contributed by atoms with Gasteiger partial charge >= 0.3 is 0 Å². The van der Waals surface area contributed by atoms with Gasteiger partial charge in [0.15, 0.2) is 0 Å². The molecule has 25 heavy (non-hydrogen) atoms. The van der Waals surface area contributed by atoms with E-state index in [0.29, 0.717) is 22.4 Å². The van der Waals surface area contributed by atoms with E-state index in [2.05, 4.69) is 15.5 Å². The van der Waals surface area contributed by atoms with E-state index < -0.39 is 0 Å². The number of aromatic nitrogens is 4. The maximum Gasteiger partial charge on any atom is 0.293 e. The van der Waals surface area contributed by atoms with Gasteiger partial charge in [0.25, 0.3) is 5.56 Å². The molecular weight excluding hydrogens is 322 g/mol. The molecule has 0 bridgehead atoms. The summed E-state index contributed by atoms with van der Waals surface area (Å²) < 4.78 is 8.02. The summed E-state index contributed by atoms with van der Waals surface area (Å²) in [5.74, 6) is 0.331. The van der Waals surface area contributed by atoms with Gasteiger partial charge in [0.05, 0.1) is 30.2 Å². The smallest absolute Gasteiger partial charge is 0.293 e. The first-order valence-corrected chi connectivity index (χ1v) is 8.02. The fraction of sp³-hybridized carbons (Fsp3) is 0.412. The Morgan fingerprint density at radius 2 is 2.12 bits per heavy atom. The number of nitrogens with one attached hydrogen (secondary N) is 1. The third-order valence-corrected chi connectivity index (χ3v) is 3.84. The molecule has 3 rings (SSSR count). The highest BCUT2D eigenvalue weighted by atomic mass is 16.3. The zero-order chi connectivity index (χ0) is 18.2. The van der Waals surface area contributed by atoms with Crippen LogP contribution in [0.15, 0.2) is 33.8 Å². The quantitative estimate of drug-likeness (QED) is 0.776. The summed E-state index contributed by atoms with van der Waals surface area (Å²) in [6.07, 6.45) is 3.18. The molecule has 0 aromatic carbocycles. The highest BCUT2D eigenvalue weighted by Crippen LogP contribution is 2.20. The van der Waals surface area contributed by atoms with Crippen molar-refractivity contribution in [3.63, 3.8) is 0 Å². The molecule has 1 N–H and O–H groups in total. The third-order valence-electron chi connectivity index (χ3n) is 3.84. The van der Waals surface area contributed by atoms with Gasteiger partial charge in [0.1, 0.15) is 17.8 Å². The van der Waals surface area contributed by atoms with Crippen LogP contribution in [0.1, 0.15) is 32.2 Å². The van der Waals surface area contributed by atoms with E-state index in [4.69, 9.17) is 4.42 Å². The van der Waals surface area contributed by atoms with E-state index in [-0.39, 0.29) is 30.1 Å². The van der Waals surface area contributed by atoms with Crippen LogP contribution in [-0.4, -0.2) is 25.5 Å². The molecule has 8 nitrogen and oxygen atoms in total. The highest BCUT2D eigenvalue weighted by Gasteiger charge is 2.22. The number of hydrogen-bond acceptors (Lipinski definition) is 5. The molecule has 0 unspecified atom stereocenters. The summed E-state index contributed by atoms with van der Waals surface area (Å²) in [6.45, 7) is 7.81. The van der Waals surface area contributed by atoms with Crippen LogP contribution in [0.25, 0.3) is 10.9 Å². The number of nitrogens with zero attached hydrogens (tertiary/aromatic N) is 4. The summed E-state index contributed by atoms with van der Waals surface area (Å²) in [5, 5.41) is 12.0. The SMILES string of the molecule is Cc1nn(CC(=O)NCc2ccco2)c(=O)c2c1cnn2C(C)(C)C. The zero-order valence-corrected chi connectivity index (χ0v) is 14.7. The molecular formula is C17H21N5O3. The molecule has 132 valence electrons. The molecule has 0 aliphatic rings. The van der Waals surface area contributed by atoms with Crippen LogP contribution >= 0.6 is 0 Å². The molecule has 0 saturated heterocycles. The molecule has 3 heterocycles. The Morgan fingerprint density at radius 3 is 2.76 bits per heavy atom. The Kier molecular flexibility index (Phi) is 4.20. The molecule has 0 radical (unpaired) electrons. The average Bonchev–Trinajstić information content (AvgIpc) is 3.19. The Bertz CT molecular complexity index is 961. The van der Waals surface area contributed by atoms with Gasteiger partial charge in [0, 0.05) is 5.39 Å². The van der Waals surface area contributed by atoms with Gasteiger partial charge in [-0.2, -0.15) is 10.2 Å². The zero-order valence-electron chi connectivity index (χ0n) is 14.7. The average molecular weight is 343 g/mol. The van der Waals surface area contributed by atoms with Crippen LogP contribution < -0.4 is 10.9 Å².